The van der Waals surface area contributed by atoms with Crippen molar-refractivity contribution in [1.82, 2.24) is 0 Å². The van der Waals surface area contributed by atoms with Crippen molar-refractivity contribution >= 4 is 17.7 Å². The number of ether oxygens (including phenoxy) is 1. The molecule has 0 bridgehead atoms. The molecule has 13 heavy (non-hydrogen) atoms. The highest BCUT2D eigenvalue weighted by molar-refractivity contribution is 5.71. The molecule has 1 aromatic carbocycles. The standard InChI is InChI=1S/C9H10N2O2/c1-6(5-12)13-9-4-7(10)2-3-8(9)11/h2-5H,1,10-11H2. The van der Waals surface area contributed by atoms with E-state index in [2.05, 4.69) is 6.58 Å². The van der Waals surface area contributed by atoms with Gasteiger partial charge in [-0.15, -0.1) is 0 Å². The summed E-state index contributed by atoms with van der Waals surface area (Å²) >= 11 is 0. The van der Waals surface area contributed by atoms with Gasteiger partial charge < -0.3 is 16.2 Å². The first-order valence-corrected chi connectivity index (χ1v) is 3.60. The van der Waals surface area contributed by atoms with Gasteiger partial charge in [0.1, 0.15) is 0 Å². The molecule has 0 aliphatic rings. The quantitative estimate of drug-likeness (QED) is 0.312. The van der Waals surface area contributed by atoms with Crippen molar-refractivity contribution < 1.29 is 9.53 Å². The molecular formula is C9H10N2O2. The maximum atomic E-state index is 10.2. The zero-order chi connectivity index (χ0) is 9.84. The lowest BCUT2D eigenvalue weighted by Gasteiger charge is -2.06. The summed E-state index contributed by atoms with van der Waals surface area (Å²) < 4.78 is 5.01. The van der Waals surface area contributed by atoms with Gasteiger partial charge in [-0.25, -0.2) is 0 Å². The van der Waals surface area contributed by atoms with E-state index in [4.69, 9.17) is 16.2 Å². The zero-order valence-corrected chi connectivity index (χ0v) is 6.99. The SMILES string of the molecule is C=C(C=O)Oc1cc(N)ccc1N. The molecule has 0 amide bonds. The fourth-order valence-corrected chi connectivity index (χ4v) is 0.805. The lowest BCUT2D eigenvalue weighted by molar-refractivity contribution is -0.106. The molecule has 4 heteroatoms. The van der Waals surface area contributed by atoms with Gasteiger partial charge in [-0.1, -0.05) is 6.58 Å². The third-order valence-electron chi connectivity index (χ3n) is 1.41. The van der Waals surface area contributed by atoms with Crippen LogP contribution in [-0.4, -0.2) is 6.29 Å². The highest BCUT2D eigenvalue weighted by Gasteiger charge is 2.02. The Kier molecular flexibility index (Phi) is 2.54. The van der Waals surface area contributed by atoms with Gasteiger partial charge in [0.25, 0.3) is 0 Å². The maximum absolute atomic E-state index is 10.2. The summed E-state index contributed by atoms with van der Waals surface area (Å²) in [6.07, 6.45) is 0.503. The van der Waals surface area contributed by atoms with Crippen molar-refractivity contribution in [2.75, 3.05) is 11.5 Å². The van der Waals surface area contributed by atoms with Gasteiger partial charge in [0.2, 0.25) is 0 Å². The van der Waals surface area contributed by atoms with Crippen molar-refractivity contribution in [3.8, 4) is 5.75 Å². The molecule has 0 atom stereocenters. The van der Waals surface area contributed by atoms with Gasteiger partial charge in [-0.3, -0.25) is 4.79 Å². The number of benzene rings is 1. The molecule has 4 N–H and O–H groups in total. The number of aldehydes is 1. The Labute approximate surface area is 75.8 Å². The first-order chi connectivity index (χ1) is 6.13. The van der Waals surface area contributed by atoms with Gasteiger partial charge in [-0.2, -0.15) is 0 Å². The molecule has 0 aliphatic carbocycles. The average Bonchev–Trinajstić information content (AvgIpc) is 2.11. The first kappa shape index (κ1) is 9.12. The number of rotatable bonds is 3. The minimum absolute atomic E-state index is 0.00250. The minimum atomic E-state index is -0.00250. The van der Waals surface area contributed by atoms with Crippen molar-refractivity contribution in [3.05, 3.63) is 30.5 Å². The van der Waals surface area contributed by atoms with Crippen LogP contribution in [0.2, 0.25) is 0 Å². The van der Waals surface area contributed by atoms with Crippen LogP contribution in [0.3, 0.4) is 0 Å². The number of nitrogens with two attached hydrogens (primary N) is 2. The van der Waals surface area contributed by atoms with Crippen molar-refractivity contribution in [1.29, 1.82) is 0 Å². The summed E-state index contributed by atoms with van der Waals surface area (Å²) in [5, 5.41) is 0. The molecule has 0 spiro atoms. The van der Waals surface area contributed by atoms with E-state index in [1.165, 1.54) is 6.07 Å². The Balaban J connectivity index is 2.93. The number of nitrogen functional groups attached to an aromatic ring is 2. The van der Waals surface area contributed by atoms with E-state index in [1.807, 2.05) is 0 Å². The Morgan fingerprint density at radius 2 is 2.15 bits per heavy atom. The lowest BCUT2D eigenvalue weighted by atomic mass is 10.2. The molecule has 0 unspecified atom stereocenters. The summed E-state index contributed by atoms with van der Waals surface area (Å²) in [6.45, 7) is 3.35. The molecule has 0 saturated heterocycles. The van der Waals surface area contributed by atoms with Crippen LogP contribution in [0.15, 0.2) is 30.5 Å². The molecule has 0 saturated carbocycles. The van der Waals surface area contributed by atoms with Crippen molar-refractivity contribution in [2.24, 2.45) is 0 Å². The molecule has 0 heterocycles. The first-order valence-electron chi connectivity index (χ1n) is 3.60. The molecule has 0 aliphatic heterocycles. The summed E-state index contributed by atoms with van der Waals surface area (Å²) in [5.41, 5.74) is 12.0. The van der Waals surface area contributed by atoms with Gasteiger partial charge in [0, 0.05) is 11.8 Å². The van der Waals surface area contributed by atoms with Crippen LogP contribution in [0.1, 0.15) is 0 Å². The Morgan fingerprint density at radius 1 is 1.46 bits per heavy atom. The lowest BCUT2D eigenvalue weighted by Crippen LogP contribution is -1.99. The molecule has 0 aromatic heterocycles. The zero-order valence-electron chi connectivity index (χ0n) is 6.99. The molecule has 1 aromatic rings. The highest BCUT2D eigenvalue weighted by Crippen LogP contribution is 2.24. The molecular weight excluding hydrogens is 168 g/mol. The molecule has 0 radical (unpaired) electrons. The second kappa shape index (κ2) is 3.62. The minimum Gasteiger partial charge on any atom is -0.452 e. The third-order valence-corrected chi connectivity index (χ3v) is 1.41. The van der Waals surface area contributed by atoms with Gasteiger partial charge >= 0.3 is 0 Å². The summed E-state index contributed by atoms with van der Waals surface area (Å²) in [7, 11) is 0. The normalized spacial score (nSPS) is 9.23. The van der Waals surface area contributed by atoms with Gasteiger partial charge in [0.05, 0.1) is 5.69 Å². The van der Waals surface area contributed by atoms with E-state index >= 15 is 0 Å². The second-order valence-electron chi connectivity index (χ2n) is 2.48. The Bertz CT molecular complexity index is 347. The number of hydrogen-bond acceptors (Lipinski definition) is 4. The van der Waals surface area contributed by atoms with Crippen molar-refractivity contribution in [3.63, 3.8) is 0 Å². The van der Waals surface area contributed by atoms with Crippen LogP contribution in [0.4, 0.5) is 11.4 Å². The largest absolute Gasteiger partial charge is 0.452 e. The molecule has 68 valence electrons. The van der Waals surface area contributed by atoms with Crippen LogP contribution in [0.25, 0.3) is 0 Å². The number of carbonyl (C=O) groups is 1. The summed E-state index contributed by atoms with van der Waals surface area (Å²) in [4.78, 5) is 10.2. The highest BCUT2D eigenvalue weighted by atomic mass is 16.5. The van der Waals surface area contributed by atoms with E-state index in [1.54, 1.807) is 12.1 Å². The smallest absolute Gasteiger partial charge is 0.184 e. The van der Waals surface area contributed by atoms with Crippen LogP contribution in [-0.2, 0) is 4.79 Å². The van der Waals surface area contributed by atoms with Gasteiger partial charge in [-0.05, 0) is 12.1 Å². The Hall–Kier alpha value is -1.97. The van der Waals surface area contributed by atoms with Crippen molar-refractivity contribution in [2.45, 2.75) is 0 Å². The van der Waals surface area contributed by atoms with Crippen LogP contribution in [0.5, 0.6) is 5.75 Å². The third kappa shape index (κ3) is 2.23. The van der Waals surface area contributed by atoms with E-state index in [0.29, 0.717) is 23.4 Å². The fourth-order valence-electron chi connectivity index (χ4n) is 0.805. The summed E-state index contributed by atoms with van der Waals surface area (Å²) in [5.74, 6) is 0.342. The molecule has 1 rings (SSSR count). The molecule has 0 fully saturated rings. The number of allylic oxidation sites excluding steroid dienone is 1. The predicted molar refractivity (Wildman–Crippen MR) is 51.1 cm³/mol. The number of hydrogen-bond donors (Lipinski definition) is 2. The van der Waals surface area contributed by atoms with Gasteiger partial charge in [0.15, 0.2) is 17.8 Å². The number of anilines is 2. The van der Waals surface area contributed by atoms with Crippen LogP contribution < -0.4 is 16.2 Å². The maximum Gasteiger partial charge on any atom is 0.184 e. The Morgan fingerprint density at radius 3 is 2.77 bits per heavy atom. The van der Waals surface area contributed by atoms with Crippen LogP contribution >= 0.6 is 0 Å². The monoisotopic (exact) mass is 178 g/mol. The van der Waals surface area contributed by atoms with E-state index in [9.17, 15) is 4.79 Å². The second-order valence-corrected chi connectivity index (χ2v) is 2.48. The van der Waals surface area contributed by atoms with E-state index in [0.717, 1.165) is 0 Å². The predicted octanol–water partition coefficient (Wildman–Crippen LogP) is 0.942. The van der Waals surface area contributed by atoms with Crippen LogP contribution in [0, 0.1) is 0 Å². The average molecular weight is 178 g/mol. The topological polar surface area (TPSA) is 78.3 Å². The van der Waals surface area contributed by atoms with E-state index < -0.39 is 0 Å². The van der Waals surface area contributed by atoms with E-state index in [-0.39, 0.29) is 5.76 Å². The fraction of sp³-hybridized carbons (Fsp3) is 0. The number of carbonyl (C=O) groups excluding carboxylic acids is 1. The molecule has 4 nitrogen and oxygen atoms in total. The summed E-state index contributed by atoms with van der Waals surface area (Å²) in [6, 6.07) is 4.78.